The molecule has 1 aromatic heterocycles. The number of hydrogen-bond acceptors (Lipinski definition) is 3. The summed E-state index contributed by atoms with van der Waals surface area (Å²) in [6.07, 6.45) is 0. The summed E-state index contributed by atoms with van der Waals surface area (Å²) in [7, 11) is 2.76. The molecule has 1 heterocycles. The van der Waals surface area contributed by atoms with Gasteiger partial charge in [-0.25, -0.2) is 0 Å². The van der Waals surface area contributed by atoms with Crippen molar-refractivity contribution >= 4 is 29.6 Å². The summed E-state index contributed by atoms with van der Waals surface area (Å²) >= 11 is 1.89. The zero-order valence-corrected chi connectivity index (χ0v) is 12.3. The zero-order valence-electron chi connectivity index (χ0n) is 10.5. The summed E-state index contributed by atoms with van der Waals surface area (Å²) in [6, 6.07) is 4.46. The quantitative estimate of drug-likeness (QED) is 0.450. The van der Waals surface area contributed by atoms with Crippen LogP contribution in [0.2, 0.25) is 19.6 Å². The molecule has 1 aromatic rings. The van der Waals surface area contributed by atoms with E-state index in [-0.39, 0.29) is 0 Å². The number of nitrogens with zero attached hydrogens (tertiary/aromatic N) is 2. The second-order valence-electron chi connectivity index (χ2n) is 4.95. The van der Waals surface area contributed by atoms with Gasteiger partial charge in [0.1, 0.15) is 0 Å². The van der Waals surface area contributed by atoms with Crippen LogP contribution in [-0.2, 0) is 0 Å². The van der Waals surface area contributed by atoms with Crippen LogP contribution >= 0.6 is 11.3 Å². The molecule has 2 nitrogen and oxygen atoms in total. The highest BCUT2D eigenvalue weighted by atomic mass is 32.1. The largest absolute Gasteiger partial charge is 0.303 e. The van der Waals surface area contributed by atoms with Crippen LogP contribution in [0.4, 0.5) is 0 Å². The predicted octanol–water partition coefficient (Wildman–Crippen LogP) is 2.58. The molecular formula is C11H20N2SSi. The normalized spacial score (nSPS) is 13.1. The smallest absolute Gasteiger partial charge is 0.0904 e. The van der Waals surface area contributed by atoms with Gasteiger partial charge >= 0.3 is 0 Å². The van der Waals surface area contributed by atoms with Crippen molar-refractivity contribution in [1.82, 2.24) is 5.01 Å². The van der Waals surface area contributed by atoms with Gasteiger partial charge in [-0.2, -0.15) is 5.10 Å². The lowest BCUT2D eigenvalue weighted by Gasteiger charge is -2.12. The molecule has 0 spiro atoms. The van der Waals surface area contributed by atoms with Gasteiger partial charge in [-0.3, -0.25) is 0 Å². The Morgan fingerprint density at radius 1 is 1.27 bits per heavy atom. The predicted molar refractivity (Wildman–Crippen MR) is 73.2 cm³/mol. The number of rotatable bonds is 3. The first-order valence-corrected chi connectivity index (χ1v) is 9.45. The Morgan fingerprint density at radius 2 is 1.87 bits per heavy atom. The number of hydrazone groups is 1. The molecule has 15 heavy (non-hydrogen) atoms. The van der Waals surface area contributed by atoms with E-state index in [2.05, 4.69) is 43.8 Å². The molecule has 0 saturated carbocycles. The van der Waals surface area contributed by atoms with Crippen LogP contribution in [-0.4, -0.2) is 32.9 Å². The van der Waals surface area contributed by atoms with E-state index in [1.165, 1.54) is 4.88 Å². The maximum atomic E-state index is 4.42. The highest BCUT2D eigenvalue weighted by molar-refractivity contribution is 7.27. The molecule has 0 saturated heterocycles. The standard InChI is InChI=1S/C11H20N2SSi/c1-9(12-13(2)3)10-7-8-11(14-10)15(4,5)6/h7-8H,1-6H3/b12-9+. The maximum Gasteiger partial charge on any atom is 0.0904 e. The second kappa shape index (κ2) is 4.49. The van der Waals surface area contributed by atoms with Crippen molar-refractivity contribution in [3.63, 3.8) is 0 Å². The van der Waals surface area contributed by atoms with Crippen molar-refractivity contribution in [2.75, 3.05) is 14.1 Å². The molecule has 0 aliphatic heterocycles. The maximum absolute atomic E-state index is 4.42. The van der Waals surface area contributed by atoms with Crippen molar-refractivity contribution in [3.05, 3.63) is 17.0 Å². The first kappa shape index (κ1) is 12.5. The summed E-state index contributed by atoms with van der Waals surface area (Å²) in [4.78, 5) is 1.29. The highest BCUT2D eigenvalue weighted by Crippen LogP contribution is 2.14. The molecule has 84 valence electrons. The van der Waals surface area contributed by atoms with Crippen LogP contribution in [0.1, 0.15) is 11.8 Å². The number of hydrogen-bond donors (Lipinski definition) is 0. The average molecular weight is 240 g/mol. The van der Waals surface area contributed by atoms with Gasteiger partial charge in [-0.05, 0) is 17.5 Å². The third kappa shape index (κ3) is 3.46. The van der Waals surface area contributed by atoms with Crippen molar-refractivity contribution < 1.29 is 0 Å². The van der Waals surface area contributed by atoms with Crippen molar-refractivity contribution in [2.24, 2.45) is 5.10 Å². The lowest BCUT2D eigenvalue weighted by molar-refractivity contribution is 0.438. The van der Waals surface area contributed by atoms with Gasteiger partial charge < -0.3 is 5.01 Å². The Balaban J connectivity index is 2.95. The van der Waals surface area contributed by atoms with Gasteiger partial charge in [0.15, 0.2) is 0 Å². The molecule has 0 N–H and O–H groups in total. The minimum absolute atomic E-state index is 1.11. The minimum atomic E-state index is -1.15. The Morgan fingerprint density at radius 3 is 2.27 bits per heavy atom. The van der Waals surface area contributed by atoms with E-state index in [9.17, 15) is 0 Å². The second-order valence-corrected chi connectivity index (χ2v) is 11.4. The Bertz CT molecular complexity index is 361. The fraction of sp³-hybridized carbons (Fsp3) is 0.545. The summed E-state index contributed by atoms with van der Waals surface area (Å²) in [5.74, 6) is 0. The summed E-state index contributed by atoms with van der Waals surface area (Å²) < 4.78 is 1.55. The molecular weight excluding hydrogens is 220 g/mol. The van der Waals surface area contributed by atoms with Crippen LogP contribution in [0.25, 0.3) is 0 Å². The molecule has 0 radical (unpaired) electrons. The van der Waals surface area contributed by atoms with Gasteiger partial charge in [0.05, 0.1) is 13.8 Å². The Kier molecular flexibility index (Phi) is 3.73. The molecule has 0 unspecified atom stereocenters. The van der Waals surface area contributed by atoms with Crippen molar-refractivity contribution in [2.45, 2.75) is 26.6 Å². The summed E-state index contributed by atoms with van der Waals surface area (Å²) in [5, 5.41) is 6.27. The molecule has 0 bridgehead atoms. The molecule has 0 atom stereocenters. The third-order valence-corrected chi connectivity index (χ3v) is 6.85. The topological polar surface area (TPSA) is 15.6 Å². The van der Waals surface area contributed by atoms with Crippen molar-refractivity contribution in [1.29, 1.82) is 0 Å². The van der Waals surface area contributed by atoms with Crippen LogP contribution in [0.15, 0.2) is 17.2 Å². The molecule has 0 aliphatic carbocycles. The Labute approximate surface area is 97.6 Å². The lowest BCUT2D eigenvalue weighted by atomic mass is 10.3. The molecule has 0 fully saturated rings. The molecule has 1 rings (SSSR count). The lowest BCUT2D eigenvalue weighted by Crippen LogP contribution is -2.34. The van der Waals surface area contributed by atoms with Crippen LogP contribution < -0.4 is 4.50 Å². The van der Waals surface area contributed by atoms with Crippen LogP contribution in [0, 0.1) is 0 Å². The fourth-order valence-electron chi connectivity index (χ4n) is 1.28. The molecule has 0 amide bonds. The van der Waals surface area contributed by atoms with Gasteiger partial charge in [0.2, 0.25) is 0 Å². The van der Waals surface area contributed by atoms with Gasteiger partial charge in [0.25, 0.3) is 0 Å². The minimum Gasteiger partial charge on any atom is -0.303 e. The van der Waals surface area contributed by atoms with E-state index >= 15 is 0 Å². The van der Waals surface area contributed by atoms with E-state index in [0.29, 0.717) is 0 Å². The molecule has 4 heteroatoms. The van der Waals surface area contributed by atoms with E-state index in [0.717, 1.165) is 5.71 Å². The summed E-state index contributed by atoms with van der Waals surface area (Å²) in [6.45, 7) is 9.20. The monoisotopic (exact) mass is 240 g/mol. The van der Waals surface area contributed by atoms with Gasteiger partial charge in [-0.15, -0.1) is 11.3 Å². The van der Waals surface area contributed by atoms with E-state index in [4.69, 9.17) is 0 Å². The third-order valence-electron chi connectivity index (χ3n) is 2.05. The van der Waals surface area contributed by atoms with E-state index in [1.54, 1.807) is 4.50 Å². The van der Waals surface area contributed by atoms with Gasteiger partial charge in [-0.1, -0.05) is 25.7 Å². The first-order valence-electron chi connectivity index (χ1n) is 5.14. The number of thiophene rings is 1. The first-order chi connectivity index (χ1) is 6.80. The SMILES string of the molecule is C/C(=N\N(C)C)c1ccc([Si](C)(C)C)s1. The van der Waals surface area contributed by atoms with Gasteiger partial charge in [0, 0.05) is 19.0 Å². The molecule has 0 aliphatic rings. The average Bonchev–Trinajstić information content (AvgIpc) is 2.48. The van der Waals surface area contributed by atoms with E-state index < -0.39 is 8.07 Å². The highest BCUT2D eigenvalue weighted by Gasteiger charge is 2.19. The van der Waals surface area contributed by atoms with Crippen LogP contribution in [0.3, 0.4) is 0 Å². The summed E-state index contributed by atoms with van der Waals surface area (Å²) in [5.41, 5.74) is 1.11. The Hall–Kier alpha value is -0.613. The van der Waals surface area contributed by atoms with E-state index in [1.807, 2.05) is 30.4 Å². The zero-order chi connectivity index (χ0) is 11.6. The van der Waals surface area contributed by atoms with Crippen molar-refractivity contribution in [3.8, 4) is 0 Å². The fourth-order valence-corrected chi connectivity index (χ4v) is 4.12. The van der Waals surface area contributed by atoms with Crippen LogP contribution in [0.5, 0.6) is 0 Å². The molecule has 0 aromatic carbocycles.